The maximum Gasteiger partial charge on any atom is 0.294 e. The van der Waals surface area contributed by atoms with Gasteiger partial charge in [-0.05, 0) is 25.8 Å². The van der Waals surface area contributed by atoms with Crippen molar-refractivity contribution in [2.75, 3.05) is 12.4 Å². The molecule has 0 spiro atoms. The molecule has 1 N–H and O–H groups in total. The van der Waals surface area contributed by atoms with Crippen molar-refractivity contribution >= 4 is 6.01 Å². The number of nitrogens with one attached hydrogen (secondary N) is 1. The zero-order valence-electron chi connectivity index (χ0n) is 10.6. The Morgan fingerprint density at radius 2 is 2.06 bits per heavy atom. The van der Waals surface area contributed by atoms with Gasteiger partial charge in [-0.25, -0.2) is 0 Å². The summed E-state index contributed by atoms with van der Waals surface area (Å²) < 4.78 is 5.59. The number of aryl methyl sites for hydroxylation is 4. The summed E-state index contributed by atoms with van der Waals surface area (Å²) in [5, 5.41) is 2.92. The molecule has 2 aromatic rings. The van der Waals surface area contributed by atoms with Gasteiger partial charge in [0.1, 0.15) is 5.76 Å². The van der Waals surface area contributed by atoms with E-state index >= 15 is 0 Å². The van der Waals surface area contributed by atoms with Gasteiger partial charge in [-0.15, -0.1) is 0 Å². The Bertz CT molecular complexity index is 503. The highest BCUT2D eigenvalue weighted by atomic mass is 16.4. The lowest BCUT2D eigenvalue weighted by atomic mass is 10.1. The number of anilines is 1. The number of benzene rings is 1. The summed E-state index contributed by atoms with van der Waals surface area (Å²) in [4.78, 5) is 4.28. The van der Waals surface area contributed by atoms with Gasteiger partial charge >= 0.3 is 0 Å². The van der Waals surface area contributed by atoms with Gasteiger partial charge in [-0.2, -0.15) is 4.98 Å². The maximum atomic E-state index is 5.59. The standard InChI is InChI=1S/C14H18N2O/c1-10-5-4-6-12(9-10)7-8-13-11(2)16-14(15-3)17-13/h4-6,9H,7-8H2,1-3H3,(H,15,16). The molecule has 0 bridgehead atoms. The maximum absolute atomic E-state index is 5.59. The van der Waals surface area contributed by atoms with Crippen molar-refractivity contribution in [2.24, 2.45) is 0 Å². The lowest BCUT2D eigenvalue weighted by Crippen LogP contribution is -1.92. The minimum atomic E-state index is 0.599. The van der Waals surface area contributed by atoms with E-state index in [-0.39, 0.29) is 0 Å². The van der Waals surface area contributed by atoms with E-state index in [4.69, 9.17) is 4.42 Å². The third-order valence-corrected chi connectivity index (χ3v) is 2.83. The Labute approximate surface area is 102 Å². The van der Waals surface area contributed by atoms with Crippen molar-refractivity contribution in [1.82, 2.24) is 4.98 Å². The summed E-state index contributed by atoms with van der Waals surface area (Å²) in [7, 11) is 1.82. The van der Waals surface area contributed by atoms with Crippen LogP contribution in [0.5, 0.6) is 0 Å². The Hall–Kier alpha value is -1.77. The third kappa shape index (κ3) is 2.87. The van der Waals surface area contributed by atoms with Gasteiger partial charge in [-0.1, -0.05) is 29.8 Å². The molecule has 1 aromatic heterocycles. The van der Waals surface area contributed by atoms with E-state index in [1.165, 1.54) is 11.1 Å². The average Bonchev–Trinajstić information content (AvgIpc) is 2.68. The lowest BCUT2D eigenvalue weighted by Gasteiger charge is -2.01. The zero-order chi connectivity index (χ0) is 12.3. The number of hydrogen-bond donors (Lipinski definition) is 1. The van der Waals surface area contributed by atoms with E-state index in [1.807, 2.05) is 14.0 Å². The minimum Gasteiger partial charge on any atom is -0.428 e. The number of oxazole rings is 1. The first-order valence-electron chi connectivity index (χ1n) is 5.88. The summed E-state index contributed by atoms with van der Waals surface area (Å²) in [6.07, 6.45) is 1.88. The summed E-state index contributed by atoms with van der Waals surface area (Å²) in [5.41, 5.74) is 3.61. The van der Waals surface area contributed by atoms with Crippen LogP contribution in [0.2, 0.25) is 0 Å². The number of aromatic nitrogens is 1. The molecule has 90 valence electrons. The first-order chi connectivity index (χ1) is 8.19. The second-order valence-electron chi connectivity index (χ2n) is 4.27. The van der Waals surface area contributed by atoms with Crippen LogP contribution in [0.15, 0.2) is 28.7 Å². The Morgan fingerprint density at radius 3 is 2.71 bits per heavy atom. The fourth-order valence-electron chi connectivity index (χ4n) is 1.89. The third-order valence-electron chi connectivity index (χ3n) is 2.83. The van der Waals surface area contributed by atoms with Gasteiger partial charge < -0.3 is 9.73 Å². The molecule has 1 heterocycles. The van der Waals surface area contributed by atoms with E-state index < -0.39 is 0 Å². The van der Waals surface area contributed by atoms with Gasteiger partial charge in [0.15, 0.2) is 0 Å². The van der Waals surface area contributed by atoms with E-state index in [0.29, 0.717) is 6.01 Å². The average molecular weight is 230 g/mol. The lowest BCUT2D eigenvalue weighted by molar-refractivity contribution is 0.516. The van der Waals surface area contributed by atoms with Gasteiger partial charge in [0.05, 0.1) is 5.69 Å². The number of rotatable bonds is 4. The molecule has 0 aliphatic rings. The van der Waals surface area contributed by atoms with Crippen LogP contribution in [0, 0.1) is 13.8 Å². The van der Waals surface area contributed by atoms with Crippen LogP contribution in [0.1, 0.15) is 22.6 Å². The van der Waals surface area contributed by atoms with Crippen molar-refractivity contribution in [2.45, 2.75) is 26.7 Å². The SMILES string of the molecule is CNc1nc(C)c(CCc2cccc(C)c2)o1. The van der Waals surface area contributed by atoms with Gasteiger partial charge in [-0.3, -0.25) is 0 Å². The molecular formula is C14H18N2O. The van der Waals surface area contributed by atoms with Crippen LogP contribution in [-0.4, -0.2) is 12.0 Å². The van der Waals surface area contributed by atoms with E-state index in [1.54, 1.807) is 0 Å². The molecule has 0 radical (unpaired) electrons. The van der Waals surface area contributed by atoms with Crippen molar-refractivity contribution in [3.05, 3.63) is 46.8 Å². The molecule has 0 saturated carbocycles. The van der Waals surface area contributed by atoms with Gasteiger partial charge in [0, 0.05) is 13.5 Å². The first kappa shape index (κ1) is 11.7. The smallest absolute Gasteiger partial charge is 0.294 e. The van der Waals surface area contributed by atoms with E-state index in [2.05, 4.69) is 41.5 Å². The minimum absolute atomic E-state index is 0.599. The molecule has 0 aliphatic carbocycles. The predicted octanol–water partition coefficient (Wildman–Crippen LogP) is 3.12. The molecule has 0 unspecified atom stereocenters. The molecule has 0 amide bonds. The van der Waals surface area contributed by atoms with Crippen LogP contribution >= 0.6 is 0 Å². The summed E-state index contributed by atoms with van der Waals surface area (Å²) in [5.74, 6) is 0.968. The van der Waals surface area contributed by atoms with E-state index in [9.17, 15) is 0 Å². The largest absolute Gasteiger partial charge is 0.428 e. The summed E-state index contributed by atoms with van der Waals surface area (Å²) >= 11 is 0. The fraction of sp³-hybridized carbons (Fsp3) is 0.357. The van der Waals surface area contributed by atoms with Crippen LogP contribution in [-0.2, 0) is 12.8 Å². The Morgan fingerprint density at radius 1 is 1.24 bits per heavy atom. The first-order valence-corrected chi connectivity index (χ1v) is 5.88. The van der Waals surface area contributed by atoms with Crippen molar-refractivity contribution in [3.8, 4) is 0 Å². The van der Waals surface area contributed by atoms with E-state index in [0.717, 1.165) is 24.3 Å². The molecule has 17 heavy (non-hydrogen) atoms. The second-order valence-corrected chi connectivity index (χ2v) is 4.27. The topological polar surface area (TPSA) is 38.1 Å². The highest BCUT2D eigenvalue weighted by Crippen LogP contribution is 2.16. The molecule has 0 saturated heterocycles. The van der Waals surface area contributed by atoms with Crippen molar-refractivity contribution in [3.63, 3.8) is 0 Å². The molecule has 0 atom stereocenters. The van der Waals surface area contributed by atoms with Crippen LogP contribution < -0.4 is 5.32 Å². The Balaban J connectivity index is 2.04. The predicted molar refractivity (Wildman–Crippen MR) is 69.4 cm³/mol. The van der Waals surface area contributed by atoms with Crippen LogP contribution in [0.3, 0.4) is 0 Å². The Kier molecular flexibility index (Phi) is 3.47. The second kappa shape index (κ2) is 5.04. The molecule has 0 aliphatic heterocycles. The molecule has 1 aromatic carbocycles. The molecule has 2 rings (SSSR count). The summed E-state index contributed by atoms with van der Waals surface area (Å²) in [6, 6.07) is 9.17. The van der Waals surface area contributed by atoms with Crippen molar-refractivity contribution < 1.29 is 4.42 Å². The van der Waals surface area contributed by atoms with Gasteiger partial charge in [0.2, 0.25) is 0 Å². The molecule has 0 fully saturated rings. The van der Waals surface area contributed by atoms with Crippen molar-refractivity contribution in [1.29, 1.82) is 0 Å². The van der Waals surface area contributed by atoms with Crippen LogP contribution in [0.4, 0.5) is 6.01 Å². The highest BCUT2D eigenvalue weighted by Gasteiger charge is 2.08. The van der Waals surface area contributed by atoms with Gasteiger partial charge in [0.25, 0.3) is 6.01 Å². The molecular weight excluding hydrogens is 212 g/mol. The molecule has 3 heteroatoms. The fourth-order valence-corrected chi connectivity index (χ4v) is 1.89. The highest BCUT2D eigenvalue weighted by molar-refractivity contribution is 5.26. The monoisotopic (exact) mass is 230 g/mol. The summed E-state index contributed by atoms with van der Waals surface area (Å²) in [6.45, 7) is 4.10. The normalized spacial score (nSPS) is 10.5. The zero-order valence-corrected chi connectivity index (χ0v) is 10.6. The number of hydrogen-bond acceptors (Lipinski definition) is 3. The quantitative estimate of drug-likeness (QED) is 0.877. The van der Waals surface area contributed by atoms with Crippen LogP contribution in [0.25, 0.3) is 0 Å². The number of nitrogens with zero attached hydrogens (tertiary/aromatic N) is 1. The molecule has 3 nitrogen and oxygen atoms in total.